The summed E-state index contributed by atoms with van der Waals surface area (Å²) in [7, 11) is 0. The number of H-pyrrole nitrogens is 1. The lowest BCUT2D eigenvalue weighted by molar-refractivity contribution is -0.142. The molecule has 3 amide bonds. The quantitative estimate of drug-likeness (QED) is 0.0749. The molecule has 1 aliphatic heterocycles. The number of carboxylic acids is 1. The Labute approximate surface area is 215 Å². The predicted octanol–water partition coefficient (Wildman–Crippen LogP) is -1.66. The van der Waals surface area contributed by atoms with Crippen molar-refractivity contribution >= 4 is 29.7 Å². The van der Waals surface area contributed by atoms with Gasteiger partial charge in [-0.1, -0.05) is 13.8 Å². The first kappa shape index (κ1) is 29.5. The first-order valence-electron chi connectivity index (χ1n) is 12.5. The maximum absolute atomic E-state index is 13.3. The Kier molecular flexibility index (Phi) is 11.8. The number of nitrogens with one attached hydrogen (secondary N) is 5. The van der Waals surface area contributed by atoms with Gasteiger partial charge in [0.05, 0.1) is 12.4 Å². The molecule has 0 aliphatic carbocycles. The summed E-state index contributed by atoms with van der Waals surface area (Å²) in [6.45, 7) is 4.75. The molecule has 0 saturated carbocycles. The number of aromatic nitrogens is 2. The number of carboxylic acid groups (broad SMARTS) is 1. The monoisotopic (exact) mass is 521 g/mol. The van der Waals surface area contributed by atoms with Crippen molar-refractivity contribution in [3.05, 3.63) is 18.2 Å². The van der Waals surface area contributed by atoms with Crippen LogP contribution in [-0.4, -0.2) is 82.0 Å². The zero-order chi connectivity index (χ0) is 27.4. The third-order valence-electron chi connectivity index (χ3n) is 5.89. The van der Waals surface area contributed by atoms with Crippen molar-refractivity contribution in [3.8, 4) is 0 Å². The molecule has 10 N–H and O–H groups in total. The van der Waals surface area contributed by atoms with Crippen molar-refractivity contribution in [2.75, 3.05) is 13.1 Å². The van der Waals surface area contributed by atoms with Crippen LogP contribution in [0.2, 0.25) is 0 Å². The molecule has 4 atom stereocenters. The van der Waals surface area contributed by atoms with Gasteiger partial charge in [-0.3, -0.25) is 19.4 Å². The van der Waals surface area contributed by atoms with Gasteiger partial charge in [-0.15, -0.1) is 0 Å². The number of aliphatic carboxylic acids is 1. The molecule has 0 radical (unpaired) electrons. The zero-order valence-corrected chi connectivity index (χ0v) is 21.3. The summed E-state index contributed by atoms with van der Waals surface area (Å²) in [6.07, 6.45) is 5.35. The number of hydrogen-bond donors (Lipinski definition) is 8. The Balaban J connectivity index is 2.11. The highest BCUT2D eigenvalue weighted by atomic mass is 16.4. The lowest BCUT2D eigenvalue weighted by Crippen LogP contribution is -2.57. The second kappa shape index (κ2) is 14.8. The maximum Gasteiger partial charge on any atom is 0.326 e. The SMILES string of the molecule is CC(C)CC(NC(=O)C(CCCN=C(N)N)NC(=O)C1CCCN1)C(=O)NC(Cc1cnc[nH]1)C(=O)O. The van der Waals surface area contributed by atoms with E-state index in [2.05, 4.69) is 36.2 Å². The van der Waals surface area contributed by atoms with Gasteiger partial charge in [0.15, 0.2) is 5.96 Å². The van der Waals surface area contributed by atoms with E-state index in [0.29, 0.717) is 18.5 Å². The third kappa shape index (κ3) is 10.5. The Morgan fingerprint density at radius 1 is 1.14 bits per heavy atom. The van der Waals surface area contributed by atoms with Gasteiger partial charge in [-0.25, -0.2) is 9.78 Å². The fourth-order valence-corrected chi connectivity index (χ4v) is 4.02. The van der Waals surface area contributed by atoms with Crippen LogP contribution in [0.4, 0.5) is 0 Å². The number of rotatable bonds is 15. The number of nitrogens with two attached hydrogens (primary N) is 2. The van der Waals surface area contributed by atoms with Crippen LogP contribution in [0.1, 0.15) is 51.6 Å². The topological polar surface area (TPSA) is 230 Å². The number of nitrogens with zero attached hydrogens (tertiary/aromatic N) is 2. The Hall–Kier alpha value is -3.68. The highest BCUT2D eigenvalue weighted by Gasteiger charge is 2.31. The first-order chi connectivity index (χ1) is 17.6. The zero-order valence-electron chi connectivity index (χ0n) is 21.3. The van der Waals surface area contributed by atoms with E-state index in [-0.39, 0.29) is 49.6 Å². The average molecular weight is 522 g/mol. The largest absolute Gasteiger partial charge is 0.480 e. The molecule has 2 heterocycles. The molecular formula is C23H39N9O5. The number of aliphatic imine (C=N–C) groups is 1. The Morgan fingerprint density at radius 2 is 1.84 bits per heavy atom. The maximum atomic E-state index is 13.3. The molecule has 37 heavy (non-hydrogen) atoms. The van der Waals surface area contributed by atoms with Crippen LogP contribution < -0.4 is 32.7 Å². The van der Waals surface area contributed by atoms with Crippen molar-refractivity contribution in [2.24, 2.45) is 22.4 Å². The van der Waals surface area contributed by atoms with Gasteiger partial charge >= 0.3 is 5.97 Å². The molecule has 14 nitrogen and oxygen atoms in total. The summed E-state index contributed by atoms with van der Waals surface area (Å²) in [4.78, 5) is 61.4. The highest BCUT2D eigenvalue weighted by molar-refractivity contribution is 5.94. The van der Waals surface area contributed by atoms with Crippen LogP contribution in [0, 0.1) is 5.92 Å². The molecular weight excluding hydrogens is 482 g/mol. The fraction of sp³-hybridized carbons (Fsp3) is 0.652. The van der Waals surface area contributed by atoms with E-state index in [9.17, 15) is 24.3 Å². The number of carbonyl (C=O) groups excluding carboxylic acids is 3. The van der Waals surface area contributed by atoms with Gasteiger partial charge in [0.2, 0.25) is 17.7 Å². The van der Waals surface area contributed by atoms with Crippen molar-refractivity contribution in [3.63, 3.8) is 0 Å². The molecule has 0 aromatic carbocycles. The van der Waals surface area contributed by atoms with Crippen molar-refractivity contribution in [1.82, 2.24) is 31.2 Å². The summed E-state index contributed by atoms with van der Waals surface area (Å²) in [5.41, 5.74) is 11.3. The molecule has 1 aliphatic rings. The number of hydrogen-bond acceptors (Lipinski definition) is 7. The van der Waals surface area contributed by atoms with Gasteiger partial charge in [0.1, 0.15) is 18.1 Å². The lowest BCUT2D eigenvalue weighted by atomic mass is 10.0. The van der Waals surface area contributed by atoms with E-state index in [1.165, 1.54) is 12.5 Å². The van der Waals surface area contributed by atoms with Gasteiger partial charge in [-0.05, 0) is 44.6 Å². The number of imidazole rings is 1. The van der Waals surface area contributed by atoms with Crippen molar-refractivity contribution in [2.45, 2.75) is 76.5 Å². The standard InChI is InChI=1S/C23H39N9O5/c1-13(2)9-17(21(35)32-18(22(36)37)10-14-11-26-12-29-14)31-20(34)16(6-4-8-28-23(24)25)30-19(33)15-5-3-7-27-15/h11-13,15-18,27H,3-10H2,1-2H3,(H,26,29)(H,30,33)(H,31,34)(H,32,35)(H,36,37)(H4,24,25,28). The van der Waals surface area contributed by atoms with Gasteiger partial charge in [0.25, 0.3) is 0 Å². The molecule has 1 aromatic heterocycles. The smallest absolute Gasteiger partial charge is 0.326 e. The summed E-state index contributed by atoms with van der Waals surface area (Å²) < 4.78 is 0. The molecule has 1 saturated heterocycles. The fourth-order valence-electron chi connectivity index (χ4n) is 4.02. The van der Waals surface area contributed by atoms with Crippen molar-refractivity contribution in [1.29, 1.82) is 0 Å². The summed E-state index contributed by atoms with van der Waals surface area (Å²) in [6, 6.07) is -3.53. The van der Waals surface area contributed by atoms with Gasteiger partial charge in [0, 0.05) is 24.9 Å². The van der Waals surface area contributed by atoms with Crippen LogP contribution in [-0.2, 0) is 25.6 Å². The molecule has 4 unspecified atom stereocenters. The van der Waals surface area contributed by atoms with Crippen molar-refractivity contribution < 1.29 is 24.3 Å². The number of guanidine groups is 1. The number of amides is 3. The van der Waals surface area contributed by atoms with E-state index in [4.69, 9.17) is 11.5 Å². The van der Waals surface area contributed by atoms with Crippen LogP contribution in [0.25, 0.3) is 0 Å². The van der Waals surface area contributed by atoms with E-state index in [1.807, 2.05) is 13.8 Å². The molecule has 2 rings (SSSR count). The third-order valence-corrected chi connectivity index (χ3v) is 5.89. The summed E-state index contributed by atoms with van der Waals surface area (Å²) in [5, 5.41) is 20.7. The van der Waals surface area contributed by atoms with Crippen LogP contribution in [0.5, 0.6) is 0 Å². The normalized spacial score (nSPS) is 17.4. The second-order valence-corrected chi connectivity index (χ2v) is 9.53. The number of aromatic amines is 1. The minimum absolute atomic E-state index is 0.00127. The minimum atomic E-state index is -1.22. The number of carbonyl (C=O) groups is 4. The molecule has 0 bridgehead atoms. The van der Waals surface area contributed by atoms with E-state index in [0.717, 1.165) is 13.0 Å². The highest BCUT2D eigenvalue weighted by Crippen LogP contribution is 2.10. The molecule has 0 spiro atoms. The van der Waals surface area contributed by atoms with E-state index < -0.39 is 35.9 Å². The average Bonchev–Trinajstić information content (AvgIpc) is 3.54. The second-order valence-electron chi connectivity index (χ2n) is 9.53. The van der Waals surface area contributed by atoms with Gasteiger partial charge < -0.3 is 42.8 Å². The minimum Gasteiger partial charge on any atom is -0.480 e. The predicted molar refractivity (Wildman–Crippen MR) is 136 cm³/mol. The molecule has 206 valence electrons. The molecule has 1 aromatic rings. The Morgan fingerprint density at radius 3 is 2.41 bits per heavy atom. The molecule has 1 fully saturated rings. The first-order valence-corrected chi connectivity index (χ1v) is 12.5. The summed E-state index contributed by atoms with van der Waals surface area (Å²) in [5.74, 6) is -2.74. The summed E-state index contributed by atoms with van der Waals surface area (Å²) >= 11 is 0. The van der Waals surface area contributed by atoms with Crippen LogP contribution in [0.15, 0.2) is 17.5 Å². The van der Waals surface area contributed by atoms with Crippen LogP contribution in [0.3, 0.4) is 0 Å². The van der Waals surface area contributed by atoms with E-state index in [1.54, 1.807) is 0 Å². The lowest BCUT2D eigenvalue weighted by Gasteiger charge is -2.26. The van der Waals surface area contributed by atoms with E-state index >= 15 is 0 Å². The Bertz CT molecular complexity index is 925. The van der Waals surface area contributed by atoms with Gasteiger partial charge in [-0.2, -0.15) is 0 Å². The van der Waals surface area contributed by atoms with Crippen LogP contribution >= 0.6 is 0 Å². The molecule has 14 heteroatoms.